The van der Waals surface area contributed by atoms with Crippen molar-refractivity contribution in [3.8, 4) is 0 Å². The van der Waals surface area contributed by atoms with Crippen LogP contribution in [0.3, 0.4) is 0 Å². The number of nitrogens with zero attached hydrogens (tertiary/aromatic N) is 7. The standard InChI is InChI=1S/C17H25ClN4O2.C12H22N2O2.C5H4BrClN2/c1-16(2,3)24-15(23)21-6-5-17(4)11-22(13(17)10-21)9-12-7-19-14(18)20-8-12;1-11(2,3)16-10(15)14-6-5-12(4)8-13-9(12)7-14;6-1-4-2-8-5(7)9-3-4/h7-8,13H,5-6,9-11H2,1-4H3;9,13H,5-8H2,1-4H3;2-3H,1H2/t13-,17-;9-,12-;/m11./s1. The second kappa shape index (κ2) is 15.9. The molecule has 0 aliphatic carbocycles. The number of fused-ring (bicyclic) bond motifs is 2. The topological polar surface area (TPSA) is 126 Å². The van der Waals surface area contributed by atoms with E-state index < -0.39 is 11.2 Å². The van der Waals surface area contributed by atoms with Crippen molar-refractivity contribution < 1.29 is 19.1 Å². The number of ether oxygens (including phenoxy) is 2. The Bertz CT molecular complexity index is 1430. The highest BCUT2D eigenvalue weighted by molar-refractivity contribution is 9.08. The van der Waals surface area contributed by atoms with Crippen LogP contribution in [0, 0.1) is 10.8 Å². The van der Waals surface area contributed by atoms with Gasteiger partial charge in [-0.05, 0) is 94.0 Å². The van der Waals surface area contributed by atoms with Gasteiger partial charge < -0.3 is 24.6 Å². The van der Waals surface area contributed by atoms with Crippen molar-refractivity contribution in [1.29, 1.82) is 0 Å². The maximum atomic E-state index is 12.3. The zero-order chi connectivity index (χ0) is 36.2. The maximum Gasteiger partial charge on any atom is 0.410 e. The first-order valence-corrected chi connectivity index (χ1v) is 18.6. The predicted molar refractivity (Wildman–Crippen MR) is 194 cm³/mol. The average molecular weight is 787 g/mol. The molecule has 6 heterocycles. The summed E-state index contributed by atoms with van der Waals surface area (Å²) in [4.78, 5) is 45.9. The van der Waals surface area contributed by atoms with Crippen LogP contribution in [0.1, 0.15) is 79.4 Å². The SMILES string of the molecule is CC(C)(C)OC(=O)N1CC[C@]2(C)CN(Cc3cnc(Cl)nc3)[C@@H]2C1.CC(C)(C)OC(=O)N1CC[C@]2(C)CN[C@@H]2C1.Clc1ncc(CBr)cn1. The fourth-order valence-corrected chi connectivity index (χ4v) is 6.82. The molecule has 4 atom stereocenters. The quantitative estimate of drug-likeness (QED) is 0.269. The fourth-order valence-electron chi connectivity index (χ4n) is 6.34. The first-order valence-electron chi connectivity index (χ1n) is 16.7. The van der Waals surface area contributed by atoms with Crippen LogP contribution in [0.4, 0.5) is 9.59 Å². The van der Waals surface area contributed by atoms with Crippen molar-refractivity contribution in [2.45, 2.75) is 103 Å². The van der Waals surface area contributed by atoms with Crippen LogP contribution in [0.25, 0.3) is 0 Å². The summed E-state index contributed by atoms with van der Waals surface area (Å²) < 4.78 is 10.9. The van der Waals surface area contributed by atoms with Crippen molar-refractivity contribution in [3.63, 3.8) is 0 Å². The number of aromatic nitrogens is 4. The van der Waals surface area contributed by atoms with E-state index in [1.807, 2.05) is 51.3 Å². The summed E-state index contributed by atoms with van der Waals surface area (Å²) in [5, 5.41) is 4.71. The number of hydrogen-bond donors (Lipinski definition) is 1. The van der Waals surface area contributed by atoms with Crippen LogP contribution >= 0.6 is 39.1 Å². The third kappa shape index (κ3) is 11.1. The molecule has 1 N–H and O–H groups in total. The predicted octanol–water partition coefficient (Wildman–Crippen LogP) is 6.59. The number of likely N-dealkylation sites (tertiary alicyclic amines) is 3. The number of alkyl halides is 1. The maximum absolute atomic E-state index is 12.3. The van der Waals surface area contributed by atoms with Crippen LogP contribution < -0.4 is 5.32 Å². The number of nitrogens with one attached hydrogen (secondary N) is 1. The molecule has 6 rings (SSSR count). The van der Waals surface area contributed by atoms with E-state index in [0.29, 0.717) is 29.3 Å². The summed E-state index contributed by atoms with van der Waals surface area (Å²) in [5.74, 6) is 0. The lowest BCUT2D eigenvalue weighted by Gasteiger charge is -2.60. The number of hydrogen-bond acceptors (Lipinski definition) is 10. The van der Waals surface area contributed by atoms with Gasteiger partial charge >= 0.3 is 12.2 Å². The van der Waals surface area contributed by atoms with Gasteiger partial charge in [0.25, 0.3) is 0 Å². The van der Waals surface area contributed by atoms with Crippen molar-refractivity contribution in [1.82, 2.24) is 40.0 Å². The third-order valence-electron chi connectivity index (χ3n) is 9.30. The Labute approximate surface area is 309 Å². The van der Waals surface area contributed by atoms with Crippen LogP contribution in [0.2, 0.25) is 10.6 Å². The number of rotatable bonds is 3. The normalized spacial score (nSPS) is 26.3. The number of piperidine rings is 2. The molecule has 4 aliphatic rings. The molecule has 15 heteroatoms. The van der Waals surface area contributed by atoms with Crippen LogP contribution in [0.15, 0.2) is 24.8 Å². The van der Waals surface area contributed by atoms with Crippen LogP contribution in [-0.2, 0) is 21.3 Å². The highest BCUT2D eigenvalue weighted by Crippen LogP contribution is 2.44. The Morgan fingerprint density at radius 2 is 1.31 bits per heavy atom. The van der Waals surface area contributed by atoms with Crippen molar-refractivity contribution in [2.24, 2.45) is 10.8 Å². The monoisotopic (exact) mass is 784 g/mol. The lowest BCUT2D eigenvalue weighted by Crippen LogP contribution is -2.70. The van der Waals surface area contributed by atoms with Crippen LogP contribution in [0.5, 0.6) is 0 Å². The van der Waals surface area contributed by atoms with E-state index in [-0.39, 0.29) is 22.9 Å². The van der Waals surface area contributed by atoms with Gasteiger partial charge in [-0.15, -0.1) is 0 Å². The van der Waals surface area contributed by atoms with Gasteiger partial charge in [-0.3, -0.25) is 4.90 Å². The van der Waals surface area contributed by atoms with Gasteiger partial charge in [-0.2, -0.15) is 0 Å². The van der Waals surface area contributed by atoms with Crippen molar-refractivity contribution in [2.75, 3.05) is 39.3 Å². The van der Waals surface area contributed by atoms with Crippen molar-refractivity contribution >= 4 is 51.3 Å². The molecule has 272 valence electrons. The molecule has 0 unspecified atom stereocenters. The van der Waals surface area contributed by atoms with E-state index in [2.05, 4.69) is 59.9 Å². The summed E-state index contributed by atoms with van der Waals surface area (Å²) >= 11 is 14.4. The molecule has 4 aliphatic heterocycles. The number of amides is 2. The van der Waals surface area contributed by atoms with E-state index in [1.54, 1.807) is 24.8 Å². The molecule has 49 heavy (non-hydrogen) atoms. The molecule has 0 saturated carbocycles. The minimum atomic E-state index is -0.461. The minimum Gasteiger partial charge on any atom is -0.444 e. The van der Waals surface area contributed by atoms with Gasteiger partial charge in [0.1, 0.15) is 11.2 Å². The summed E-state index contributed by atoms with van der Waals surface area (Å²) in [7, 11) is 0. The van der Waals surface area contributed by atoms with Gasteiger partial charge in [0.05, 0.1) is 0 Å². The summed E-state index contributed by atoms with van der Waals surface area (Å²) in [5.41, 5.74) is 1.88. The van der Waals surface area contributed by atoms with Gasteiger partial charge in [0.15, 0.2) is 0 Å². The lowest BCUT2D eigenvalue weighted by molar-refractivity contribution is -0.115. The Morgan fingerprint density at radius 1 is 0.837 bits per heavy atom. The van der Waals surface area contributed by atoms with Gasteiger partial charge in [-0.1, -0.05) is 29.8 Å². The fraction of sp³-hybridized carbons (Fsp3) is 0.706. The molecule has 2 aromatic heterocycles. The molecule has 2 aromatic rings. The first-order chi connectivity index (χ1) is 22.8. The molecule has 0 spiro atoms. The third-order valence-corrected chi connectivity index (χ3v) is 10.3. The Morgan fingerprint density at radius 3 is 1.73 bits per heavy atom. The molecule has 0 aromatic carbocycles. The minimum absolute atomic E-state index is 0.178. The summed E-state index contributed by atoms with van der Waals surface area (Å²) in [6, 6.07) is 0.795. The van der Waals surface area contributed by atoms with Gasteiger partial charge in [0, 0.05) is 93.6 Å². The Balaban J connectivity index is 0.000000185. The summed E-state index contributed by atoms with van der Waals surface area (Å²) in [6.07, 6.45) is 8.58. The molecule has 0 radical (unpaired) electrons. The molecular formula is C34H51BrCl2N8O4. The van der Waals surface area contributed by atoms with E-state index >= 15 is 0 Å². The van der Waals surface area contributed by atoms with E-state index in [1.165, 1.54) is 0 Å². The van der Waals surface area contributed by atoms with Gasteiger partial charge in [0.2, 0.25) is 10.6 Å². The zero-order valence-corrected chi connectivity index (χ0v) is 33.0. The number of carbonyl (C=O) groups excluding carboxylic acids is 2. The second-order valence-electron chi connectivity index (χ2n) is 15.9. The Kier molecular flexibility index (Phi) is 12.8. The molecule has 2 amide bonds. The first kappa shape index (κ1) is 39.5. The highest BCUT2D eigenvalue weighted by Gasteiger charge is 2.52. The molecule has 4 fully saturated rings. The smallest absolute Gasteiger partial charge is 0.410 e. The van der Waals surface area contributed by atoms with Crippen LogP contribution in [-0.4, -0.2) is 109 Å². The van der Waals surface area contributed by atoms with Crippen molar-refractivity contribution in [3.05, 3.63) is 46.5 Å². The van der Waals surface area contributed by atoms with Gasteiger partial charge in [-0.25, -0.2) is 29.5 Å². The Hall–Kier alpha value is -2.32. The number of carbonyl (C=O) groups is 2. The zero-order valence-electron chi connectivity index (χ0n) is 29.9. The molecule has 12 nitrogen and oxygen atoms in total. The lowest BCUT2D eigenvalue weighted by atomic mass is 9.68. The second-order valence-corrected chi connectivity index (χ2v) is 17.1. The molecule has 4 saturated heterocycles. The molecular weight excluding hydrogens is 735 g/mol. The largest absolute Gasteiger partial charge is 0.444 e. The highest BCUT2D eigenvalue weighted by atomic mass is 79.9. The average Bonchev–Trinajstić information content (AvgIpc) is 2.99. The van der Waals surface area contributed by atoms with E-state index in [4.69, 9.17) is 32.7 Å². The summed E-state index contributed by atoms with van der Waals surface area (Å²) in [6.45, 7) is 22.0. The van der Waals surface area contributed by atoms with E-state index in [0.717, 1.165) is 68.6 Å². The molecule has 0 bridgehead atoms. The van der Waals surface area contributed by atoms with E-state index in [9.17, 15) is 9.59 Å². The number of halogens is 3.